The van der Waals surface area contributed by atoms with Crippen molar-refractivity contribution >= 4 is 21.6 Å². The number of aromatic nitrogens is 1. The largest absolute Gasteiger partial charge is 0.382 e. The van der Waals surface area contributed by atoms with Gasteiger partial charge in [0.1, 0.15) is 0 Å². The Morgan fingerprint density at radius 1 is 1.40 bits per heavy atom. The van der Waals surface area contributed by atoms with Crippen LogP contribution in [0.1, 0.15) is 18.4 Å². The lowest BCUT2D eigenvalue weighted by Gasteiger charge is -2.06. The van der Waals surface area contributed by atoms with Crippen LogP contribution in [-0.4, -0.2) is 18.2 Å². The van der Waals surface area contributed by atoms with Crippen LogP contribution < -0.4 is 0 Å². The van der Waals surface area contributed by atoms with Crippen LogP contribution in [0.25, 0.3) is 10.2 Å². The molecule has 0 saturated heterocycles. The first kappa shape index (κ1) is 10.6. The third kappa shape index (κ3) is 2.55. The SMILES string of the molecule is COC(C)CCc1nc2ccccc2s1. The minimum Gasteiger partial charge on any atom is -0.382 e. The zero-order valence-electron chi connectivity index (χ0n) is 9.06. The monoisotopic (exact) mass is 221 g/mol. The molecule has 0 bridgehead atoms. The Morgan fingerprint density at radius 2 is 2.20 bits per heavy atom. The van der Waals surface area contributed by atoms with Crippen molar-refractivity contribution in [1.29, 1.82) is 0 Å². The van der Waals surface area contributed by atoms with Crippen molar-refractivity contribution in [3.63, 3.8) is 0 Å². The Bertz CT molecular complexity index is 405. The van der Waals surface area contributed by atoms with Gasteiger partial charge in [-0.05, 0) is 25.5 Å². The van der Waals surface area contributed by atoms with Crippen molar-refractivity contribution in [3.8, 4) is 0 Å². The van der Waals surface area contributed by atoms with Crippen LogP contribution >= 0.6 is 11.3 Å². The van der Waals surface area contributed by atoms with E-state index in [0.717, 1.165) is 18.4 Å². The van der Waals surface area contributed by atoms with Gasteiger partial charge in [-0.15, -0.1) is 11.3 Å². The van der Waals surface area contributed by atoms with Crippen LogP contribution in [0, 0.1) is 0 Å². The van der Waals surface area contributed by atoms with Crippen molar-refractivity contribution in [2.75, 3.05) is 7.11 Å². The molecule has 0 aliphatic rings. The van der Waals surface area contributed by atoms with E-state index in [0.29, 0.717) is 6.10 Å². The van der Waals surface area contributed by atoms with E-state index >= 15 is 0 Å². The standard InChI is InChI=1S/C12H15NOS/c1-9(14-2)7-8-12-13-10-5-3-4-6-11(10)15-12/h3-6,9H,7-8H2,1-2H3. The summed E-state index contributed by atoms with van der Waals surface area (Å²) >= 11 is 1.78. The highest BCUT2D eigenvalue weighted by atomic mass is 32.1. The number of hydrogen-bond acceptors (Lipinski definition) is 3. The van der Waals surface area contributed by atoms with Crippen molar-refractivity contribution < 1.29 is 4.74 Å². The molecule has 0 radical (unpaired) electrons. The minimum absolute atomic E-state index is 0.317. The summed E-state index contributed by atoms with van der Waals surface area (Å²) < 4.78 is 6.50. The third-order valence-corrected chi connectivity index (χ3v) is 3.60. The molecular weight excluding hydrogens is 206 g/mol. The van der Waals surface area contributed by atoms with Crippen molar-refractivity contribution in [3.05, 3.63) is 29.3 Å². The molecule has 1 aromatic carbocycles. The fourth-order valence-corrected chi connectivity index (χ4v) is 2.45. The Morgan fingerprint density at radius 3 is 2.93 bits per heavy atom. The number of nitrogens with zero attached hydrogens (tertiary/aromatic N) is 1. The van der Waals surface area contributed by atoms with E-state index < -0.39 is 0 Å². The van der Waals surface area contributed by atoms with Gasteiger partial charge in [-0.2, -0.15) is 0 Å². The molecule has 1 aromatic heterocycles. The topological polar surface area (TPSA) is 22.1 Å². The van der Waals surface area contributed by atoms with Crippen molar-refractivity contribution in [2.24, 2.45) is 0 Å². The predicted octanol–water partition coefficient (Wildman–Crippen LogP) is 3.26. The van der Waals surface area contributed by atoms with Gasteiger partial charge in [-0.1, -0.05) is 12.1 Å². The third-order valence-electron chi connectivity index (χ3n) is 2.51. The Balaban J connectivity index is 2.09. The van der Waals surface area contributed by atoms with E-state index in [1.54, 1.807) is 18.4 Å². The van der Waals surface area contributed by atoms with E-state index in [1.165, 1.54) is 9.71 Å². The Labute approximate surface area is 93.9 Å². The summed E-state index contributed by atoms with van der Waals surface area (Å²) in [4.78, 5) is 4.58. The average Bonchev–Trinajstić information content (AvgIpc) is 2.68. The summed E-state index contributed by atoms with van der Waals surface area (Å²) in [5, 5.41) is 1.21. The molecule has 0 aliphatic heterocycles. The van der Waals surface area contributed by atoms with Gasteiger partial charge >= 0.3 is 0 Å². The number of rotatable bonds is 4. The first-order valence-electron chi connectivity index (χ1n) is 5.17. The van der Waals surface area contributed by atoms with E-state index in [2.05, 4.69) is 30.1 Å². The predicted molar refractivity (Wildman–Crippen MR) is 64.4 cm³/mol. The highest BCUT2D eigenvalue weighted by Crippen LogP contribution is 2.22. The average molecular weight is 221 g/mol. The summed E-state index contributed by atoms with van der Waals surface area (Å²) in [6, 6.07) is 8.27. The molecular formula is C12H15NOS. The van der Waals surface area contributed by atoms with Gasteiger partial charge in [0.05, 0.1) is 21.3 Å². The number of benzene rings is 1. The smallest absolute Gasteiger partial charge is 0.0939 e. The highest BCUT2D eigenvalue weighted by molar-refractivity contribution is 7.18. The normalized spacial score (nSPS) is 13.2. The highest BCUT2D eigenvalue weighted by Gasteiger charge is 2.05. The van der Waals surface area contributed by atoms with Crippen LogP contribution in [0.15, 0.2) is 24.3 Å². The lowest BCUT2D eigenvalue weighted by Crippen LogP contribution is -2.05. The Kier molecular flexibility index (Phi) is 3.34. The van der Waals surface area contributed by atoms with Gasteiger partial charge in [-0.3, -0.25) is 0 Å². The summed E-state index contributed by atoms with van der Waals surface area (Å²) in [5.74, 6) is 0. The maximum atomic E-state index is 5.22. The lowest BCUT2D eigenvalue weighted by atomic mass is 10.2. The number of hydrogen-bond donors (Lipinski definition) is 0. The number of methoxy groups -OCH3 is 1. The molecule has 0 spiro atoms. The van der Waals surface area contributed by atoms with Gasteiger partial charge in [-0.25, -0.2) is 4.98 Å². The van der Waals surface area contributed by atoms with Gasteiger partial charge in [0, 0.05) is 13.5 Å². The quantitative estimate of drug-likeness (QED) is 0.790. The van der Waals surface area contributed by atoms with E-state index in [9.17, 15) is 0 Å². The first-order valence-corrected chi connectivity index (χ1v) is 5.98. The molecule has 80 valence electrons. The van der Waals surface area contributed by atoms with E-state index in [1.807, 2.05) is 6.07 Å². The number of ether oxygens (including phenoxy) is 1. The minimum atomic E-state index is 0.317. The molecule has 1 unspecified atom stereocenters. The van der Waals surface area contributed by atoms with Gasteiger partial charge < -0.3 is 4.74 Å². The number of fused-ring (bicyclic) bond motifs is 1. The molecule has 2 rings (SSSR count). The zero-order chi connectivity index (χ0) is 10.7. The molecule has 0 amide bonds. The fourth-order valence-electron chi connectivity index (χ4n) is 1.47. The maximum absolute atomic E-state index is 5.22. The molecule has 2 nitrogen and oxygen atoms in total. The van der Waals surface area contributed by atoms with Crippen LogP contribution in [0.4, 0.5) is 0 Å². The molecule has 0 N–H and O–H groups in total. The van der Waals surface area contributed by atoms with Crippen LogP contribution in [0.2, 0.25) is 0 Å². The summed E-state index contributed by atoms with van der Waals surface area (Å²) in [6.45, 7) is 2.09. The summed E-state index contributed by atoms with van der Waals surface area (Å²) in [5.41, 5.74) is 1.11. The maximum Gasteiger partial charge on any atom is 0.0939 e. The van der Waals surface area contributed by atoms with Crippen molar-refractivity contribution in [1.82, 2.24) is 4.98 Å². The van der Waals surface area contributed by atoms with E-state index in [4.69, 9.17) is 4.74 Å². The van der Waals surface area contributed by atoms with Crippen LogP contribution in [0.3, 0.4) is 0 Å². The molecule has 0 saturated carbocycles. The van der Waals surface area contributed by atoms with Gasteiger partial charge in [0.15, 0.2) is 0 Å². The second kappa shape index (κ2) is 4.73. The molecule has 2 aromatic rings. The number of thiazole rings is 1. The number of para-hydroxylation sites is 1. The van der Waals surface area contributed by atoms with Crippen LogP contribution in [0.5, 0.6) is 0 Å². The lowest BCUT2D eigenvalue weighted by molar-refractivity contribution is 0.111. The molecule has 15 heavy (non-hydrogen) atoms. The molecule has 3 heteroatoms. The van der Waals surface area contributed by atoms with Gasteiger partial charge in [0.2, 0.25) is 0 Å². The molecule has 1 heterocycles. The van der Waals surface area contributed by atoms with Gasteiger partial charge in [0.25, 0.3) is 0 Å². The Hall–Kier alpha value is -0.930. The summed E-state index contributed by atoms with van der Waals surface area (Å²) in [7, 11) is 1.75. The molecule has 1 atom stereocenters. The second-order valence-electron chi connectivity index (χ2n) is 3.66. The van der Waals surface area contributed by atoms with Crippen LogP contribution in [-0.2, 0) is 11.2 Å². The van der Waals surface area contributed by atoms with Crippen molar-refractivity contribution in [2.45, 2.75) is 25.9 Å². The summed E-state index contributed by atoms with van der Waals surface area (Å²) in [6.07, 6.45) is 2.36. The molecule has 0 aliphatic carbocycles. The number of aryl methyl sites for hydroxylation is 1. The first-order chi connectivity index (χ1) is 7.29. The molecule has 0 fully saturated rings. The fraction of sp³-hybridized carbons (Fsp3) is 0.417. The zero-order valence-corrected chi connectivity index (χ0v) is 9.88. The second-order valence-corrected chi connectivity index (χ2v) is 4.78. The van der Waals surface area contributed by atoms with E-state index in [-0.39, 0.29) is 0 Å².